The zero-order valence-electron chi connectivity index (χ0n) is 14.7. The van der Waals surface area contributed by atoms with Gasteiger partial charge in [0.15, 0.2) is 0 Å². The highest BCUT2D eigenvalue weighted by molar-refractivity contribution is 6.34. The van der Waals surface area contributed by atoms with Gasteiger partial charge in [-0.05, 0) is 31.5 Å². The maximum absolute atomic E-state index is 12.7. The van der Waals surface area contributed by atoms with E-state index in [1.54, 1.807) is 6.07 Å². The fourth-order valence-corrected chi connectivity index (χ4v) is 3.99. The van der Waals surface area contributed by atoms with Gasteiger partial charge in [0.2, 0.25) is 5.43 Å². The van der Waals surface area contributed by atoms with E-state index in [9.17, 15) is 14.7 Å². The van der Waals surface area contributed by atoms with Crippen molar-refractivity contribution in [1.29, 1.82) is 0 Å². The first-order valence-electron chi connectivity index (χ1n) is 9.08. The van der Waals surface area contributed by atoms with Crippen LogP contribution in [-0.2, 0) is 0 Å². The van der Waals surface area contributed by atoms with Crippen LogP contribution in [0.5, 0.6) is 0 Å². The number of anilines is 1. The Morgan fingerprint density at radius 3 is 2.50 bits per heavy atom. The minimum atomic E-state index is -1.18. The van der Waals surface area contributed by atoms with Gasteiger partial charge in [0, 0.05) is 43.8 Å². The number of hydrogen-bond acceptors (Lipinski definition) is 4. The van der Waals surface area contributed by atoms with Crippen LogP contribution in [0.1, 0.15) is 36.2 Å². The number of fused-ring (bicyclic) bond motifs is 1. The molecule has 0 amide bonds. The third-order valence-electron chi connectivity index (χ3n) is 5.43. The summed E-state index contributed by atoms with van der Waals surface area (Å²) in [5.41, 5.74) is 0.934. The number of piperazine rings is 1. The van der Waals surface area contributed by atoms with E-state index in [1.807, 2.05) is 10.6 Å². The van der Waals surface area contributed by atoms with Crippen molar-refractivity contribution in [3.8, 4) is 0 Å². The van der Waals surface area contributed by atoms with Gasteiger partial charge >= 0.3 is 5.97 Å². The van der Waals surface area contributed by atoms with E-state index in [0.717, 1.165) is 56.8 Å². The molecule has 0 radical (unpaired) electrons. The minimum Gasteiger partial charge on any atom is -0.477 e. The SMILES string of the molecule is CCN1CCN(c2cc3c(=O)c(C(=O)O)cn(C4CC4)c3cc2Cl)CC1. The smallest absolute Gasteiger partial charge is 0.341 e. The lowest BCUT2D eigenvalue weighted by Crippen LogP contribution is -2.46. The number of carboxylic acid groups (broad SMARTS) is 1. The van der Waals surface area contributed by atoms with Crippen molar-refractivity contribution in [3.05, 3.63) is 39.1 Å². The predicted octanol–water partition coefficient (Wildman–Crippen LogP) is 2.83. The van der Waals surface area contributed by atoms with Crippen LogP contribution < -0.4 is 10.3 Å². The maximum atomic E-state index is 12.7. The molecule has 0 bridgehead atoms. The number of pyridine rings is 1. The molecular formula is C19H22ClN3O3. The van der Waals surface area contributed by atoms with Crippen LogP contribution >= 0.6 is 11.6 Å². The molecule has 1 N–H and O–H groups in total. The molecule has 0 spiro atoms. The highest BCUT2D eigenvalue weighted by atomic mass is 35.5. The molecule has 2 aliphatic rings. The summed E-state index contributed by atoms with van der Waals surface area (Å²) < 4.78 is 1.91. The number of likely N-dealkylation sites (N-methyl/N-ethyl adjacent to an activating group) is 1. The summed E-state index contributed by atoms with van der Waals surface area (Å²) >= 11 is 6.57. The molecule has 4 rings (SSSR count). The van der Waals surface area contributed by atoms with Crippen LogP contribution in [0.25, 0.3) is 10.9 Å². The second-order valence-corrected chi connectivity index (χ2v) is 7.46. The first-order valence-corrected chi connectivity index (χ1v) is 9.46. The summed E-state index contributed by atoms with van der Waals surface area (Å²) in [7, 11) is 0. The fraction of sp³-hybridized carbons (Fsp3) is 0.474. The van der Waals surface area contributed by atoms with E-state index in [-0.39, 0.29) is 11.6 Å². The lowest BCUT2D eigenvalue weighted by molar-refractivity contribution is 0.0695. The van der Waals surface area contributed by atoms with Crippen molar-refractivity contribution < 1.29 is 9.90 Å². The molecule has 1 aromatic carbocycles. The van der Waals surface area contributed by atoms with Crippen molar-refractivity contribution in [2.24, 2.45) is 0 Å². The van der Waals surface area contributed by atoms with Crippen molar-refractivity contribution in [1.82, 2.24) is 9.47 Å². The average molecular weight is 376 g/mol. The molecule has 1 aliphatic carbocycles. The number of aromatic carboxylic acids is 1. The molecule has 138 valence electrons. The van der Waals surface area contributed by atoms with Gasteiger partial charge in [0.05, 0.1) is 16.2 Å². The summed E-state index contributed by atoms with van der Waals surface area (Å²) in [6, 6.07) is 3.86. The quantitative estimate of drug-likeness (QED) is 0.890. The van der Waals surface area contributed by atoms with Crippen LogP contribution in [-0.4, -0.2) is 53.3 Å². The highest BCUT2D eigenvalue weighted by Crippen LogP contribution is 2.39. The maximum Gasteiger partial charge on any atom is 0.341 e. The number of halogens is 1. The van der Waals surface area contributed by atoms with Crippen molar-refractivity contribution >= 4 is 34.2 Å². The van der Waals surface area contributed by atoms with Gasteiger partial charge in [-0.15, -0.1) is 0 Å². The van der Waals surface area contributed by atoms with Gasteiger partial charge in [-0.1, -0.05) is 18.5 Å². The number of carboxylic acids is 1. The molecule has 26 heavy (non-hydrogen) atoms. The van der Waals surface area contributed by atoms with Crippen LogP contribution in [0, 0.1) is 0 Å². The van der Waals surface area contributed by atoms with E-state index >= 15 is 0 Å². The molecule has 1 saturated heterocycles. The fourth-order valence-electron chi connectivity index (χ4n) is 3.71. The number of rotatable bonds is 4. The zero-order chi connectivity index (χ0) is 18.4. The van der Waals surface area contributed by atoms with Gasteiger partial charge in [0.1, 0.15) is 5.56 Å². The van der Waals surface area contributed by atoms with E-state index in [2.05, 4.69) is 16.7 Å². The Morgan fingerprint density at radius 2 is 1.92 bits per heavy atom. The van der Waals surface area contributed by atoms with Crippen LogP contribution in [0.3, 0.4) is 0 Å². The molecular weight excluding hydrogens is 354 g/mol. The second kappa shape index (κ2) is 6.59. The third kappa shape index (κ3) is 2.97. The second-order valence-electron chi connectivity index (χ2n) is 7.06. The largest absolute Gasteiger partial charge is 0.477 e. The Hall–Kier alpha value is -2.05. The van der Waals surface area contributed by atoms with Crippen molar-refractivity contribution in [2.45, 2.75) is 25.8 Å². The first-order chi connectivity index (χ1) is 12.5. The predicted molar refractivity (Wildman–Crippen MR) is 103 cm³/mol. The van der Waals surface area contributed by atoms with Gasteiger partial charge in [0.25, 0.3) is 0 Å². The van der Waals surface area contributed by atoms with Crippen LogP contribution in [0.15, 0.2) is 23.1 Å². The average Bonchev–Trinajstić information content (AvgIpc) is 3.46. The Bertz CT molecular complexity index is 928. The minimum absolute atomic E-state index is 0.173. The van der Waals surface area contributed by atoms with E-state index in [4.69, 9.17) is 11.6 Å². The highest BCUT2D eigenvalue weighted by Gasteiger charge is 2.28. The standard InChI is InChI=1S/C19H22ClN3O3/c1-2-21-5-7-22(8-6-21)17-9-13-16(10-15(17)20)23(12-3-4-12)11-14(18(13)24)19(25)26/h9-12H,2-8H2,1H3,(H,25,26). The molecule has 2 aromatic rings. The molecule has 1 aromatic heterocycles. The summed E-state index contributed by atoms with van der Waals surface area (Å²) in [6.07, 6.45) is 3.46. The summed E-state index contributed by atoms with van der Waals surface area (Å²) in [5, 5.41) is 10.5. The van der Waals surface area contributed by atoms with Crippen molar-refractivity contribution in [2.75, 3.05) is 37.6 Å². The normalized spacial score (nSPS) is 18.5. The van der Waals surface area contributed by atoms with Gasteiger partial charge in [-0.25, -0.2) is 4.79 Å². The first kappa shape index (κ1) is 17.4. The Labute approximate surface area is 156 Å². The number of carbonyl (C=O) groups is 1. The molecule has 0 atom stereocenters. The monoisotopic (exact) mass is 375 g/mol. The molecule has 2 fully saturated rings. The molecule has 7 heteroatoms. The topological polar surface area (TPSA) is 65.8 Å². The van der Waals surface area contributed by atoms with Crippen LogP contribution in [0.4, 0.5) is 5.69 Å². The molecule has 6 nitrogen and oxygen atoms in total. The number of nitrogens with zero attached hydrogens (tertiary/aromatic N) is 3. The lowest BCUT2D eigenvalue weighted by Gasteiger charge is -2.36. The Balaban J connectivity index is 1.84. The van der Waals surface area contributed by atoms with E-state index in [1.165, 1.54) is 6.20 Å². The number of aromatic nitrogens is 1. The molecule has 1 saturated carbocycles. The third-order valence-corrected chi connectivity index (χ3v) is 5.73. The molecule has 2 heterocycles. The Kier molecular flexibility index (Phi) is 4.40. The number of benzene rings is 1. The Morgan fingerprint density at radius 1 is 1.23 bits per heavy atom. The molecule has 1 aliphatic heterocycles. The van der Waals surface area contributed by atoms with Gasteiger partial charge in [-0.3, -0.25) is 4.79 Å². The zero-order valence-corrected chi connectivity index (χ0v) is 15.5. The van der Waals surface area contributed by atoms with Crippen LogP contribution in [0.2, 0.25) is 5.02 Å². The molecule has 0 unspecified atom stereocenters. The van der Waals surface area contributed by atoms with Crippen molar-refractivity contribution in [3.63, 3.8) is 0 Å². The summed E-state index contributed by atoms with van der Waals surface area (Å²) in [6.45, 7) is 6.75. The lowest BCUT2D eigenvalue weighted by atomic mass is 10.1. The van der Waals surface area contributed by atoms with E-state index in [0.29, 0.717) is 10.4 Å². The number of hydrogen-bond donors (Lipinski definition) is 1. The van der Waals surface area contributed by atoms with Gasteiger partial charge < -0.3 is 19.5 Å². The summed E-state index contributed by atoms with van der Waals surface area (Å²) in [5.74, 6) is -1.18. The summed E-state index contributed by atoms with van der Waals surface area (Å²) in [4.78, 5) is 28.8. The van der Waals surface area contributed by atoms with E-state index < -0.39 is 11.4 Å². The van der Waals surface area contributed by atoms with Gasteiger partial charge in [-0.2, -0.15) is 0 Å².